The normalized spacial score (nSPS) is 42.9. The number of anilines is 1. The zero-order valence-corrected chi connectivity index (χ0v) is 29.2. The van der Waals surface area contributed by atoms with E-state index in [1.54, 1.807) is 57.7 Å². The number of para-hydroxylation sites is 1. The number of fused-ring (bicyclic) bond motifs is 2. The maximum absolute atomic E-state index is 14.4. The Morgan fingerprint density at radius 2 is 1.71 bits per heavy atom. The monoisotopic (exact) mass is 674 g/mol. The summed E-state index contributed by atoms with van der Waals surface area (Å²) in [4.78, 5) is 30.1. The summed E-state index contributed by atoms with van der Waals surface area (Å²) in [5.41, 5.74) is -2.07. The van der Waals surface area contributed by atoms with E-state index in [4.69, 9.17) is 18.9 Å². The molecule has 12 atom stereocenters. The maximum atomic E-state index is 14.4. The Bertz CT molecular complexity index is 1630. The van der Waals surface area contributed by atoms with E-state index in [2.05, 4.69) is 24.1 Å². The minimum atomic E-state index is -1.50. The fourth-order valence-electron chi connectivity index (χ4n) is 12.5. The van der Waals surface area contributed by atoms with Gasteiger partial charge < -0.3 is 34.5 Å². The van der Waals surface area contributed by atoms with Gasteiger partial charge in [-0.2, -0.15) is 0 Å². The highest BCUT2D eigenvalue weighted by molar-refractivity contribution is 6.08. The number of ether oxygens (including phenoxy) is 4. The first kappa shape index (κ1) is 33.3. The van der Waals surface area contributed by atoms with Crippen LogP contribution in [0.1, 0.15) is 72.2 Å². The minimum Gasteiger partial charge on any atom is -0.454 e. The summed E-state index contributed by atoms with van der Waals surface area (Å²) in [5.74, 6) is -1.67. The first-order valence-electron chi connectivity index (χ1n) is 18.1. The van der Waals surface area contributed by atoms with Crippen LogP contribution >= 0.6 is 0 Å². The summed E-state index contributed by atoms with van der Waals surface area (Å²) in [6, 6.07) is 14.4. The molecular weight excluding hydrogens is 624 g/mol. The number of likely N-dealkylation sites (tertiary alicyclic amines) is 1. The molecule has 5 aliphatic carbocycles. The topological polar surface area (TPSA) is 127 Å². The lowest BCUT2D eigenvalue weighted by atomic mass is 9.44. The van der Waals surface area contributed by atoms with Crippen LogP contribution in [-0.2, 0) is 25.4 Å². The third-order valence-electron chi connectivity index (χ3n) is 14.2. The molecule has 264 valence electrons. The first-order chi connectivity index (χ1) is 23.6. The van der Waals surface area contributed by atoms with Crippen LogP contribution in [0.15, 0.2) is 48.5 Å². The number of nitrogens with zero attached hydrogens (tertiary/aromatic N) is 1. The second kappa shape index (κ2) is 11.6. The Hall–Kier alpha value is -2.86. The number of piperidine rings is 1. The number of carbonyl (C=O) groups is 2. The standard InChI is InChI=1S/C39H50N2O8/c1-6-22-12-14-23(15-13-22)34(42)40-27-11-9-8-10-24(27)35(43)49-36-17-16-31(47-4)38-29(36)19-26(32(38)41(7-2)21-36)37(44)20-28(46-3)25-18-30(38)39(37,45)33(25)48-5/h8-15,25-26,28-33,44-45H,6-7,16-21H2,1-5H3,(H,40,42)/t25-,26+,28+,29-,30+,31+,32?,33+,36-,37+,38+,39+/m1/s1. The second-order valence-corrected chi connectivity index (χ2v) is 15.5. The van der Waals surface area contributed by atoms with Crippen molar-refractivity contribution in [3.05, 3.63) is 65.2 Å². The van der Waals surface area contributed by atoms with Gasteiger partial charge in [0.1, 0.15) is 16.8 Å². The molecule has 49 heavy (non-hydrogen) atoms. The second-order valence-electron chi connectivity index (χ2n) is 15.5. The number of hydrogen-bond donors (Lipinski definition) is 3. The molecule has 1 unspecified atom stereocenters. The van der Waals surface area contributed by atoms with Crippen LogP contribution in [0, 0.1) is 29.1 Å². The van der Waals surface area contributed by atoms with E-state index in [0.717, 1.165) is 12.0 Å². The number of amides is 1. The smallest absolute Gasteiger partial charge is 0.340 e. The number of methoxy groups -OCH3 is 3. The number of aliphatic hydroxyl groups is 2. The molecule has 2 aromatic rings. The molecule has 2 aromatic carbocycles. The molecule has 10 nitrogen and oxygen atoms in total. The molecule has 1 heterocycles. The number of nitrogens with one attached hydrogen (secondary N) is 1. The van der Waals surface area contributed by atoms with Gasteiger partial charge in [-0.1, -0.05) is 38.1 Å². The fourth-order valence-corrected chi connectivity index (χ4v) is 12.5. The van der Waals surface area contributed by atoms with Gasteiger partial charge in [-0.05, 0) is 68.5 Å². The van der Waals surface area contributed by atoms with Crippen LogP contribution in [0.4, 0.5) is 5.69 Å². The molecular formula is C39H50N2O8. The lowest BCUT2D eigenvalue weighted by Gasteiger charge is -2.70. The molecule has 3 N–H and O–H groups in total. The van der Waals surface area contributed by atoms with Gasteiger partial charge in [-0.3, -0.25) is 9.69 Å². The van der Waals surface area contributed by atoms with Crippen LogP contribution in [-0.4, -0.2) is 103 Å². The lowest BCUT2D eigenvalue weighted by molar-refractivity contribution is -0.337. The number of likely N-dealkylation sites (N-methyl/N-ethyl adjacent to an activating group) is 1. The average molecular weight is 675 g/mol. The third kappa shape index (κ3) is 4.16. The van der Waals surface area contributed by atoms with E-state index >= 15 is 0 Å². The van der Waals surface area contributed by atoms with E-state index in [9.17, 15) is 19.8 Å². The summed E-state index contributed by atoms with van der Waals surface area (Å²) in [5, 5.41) is 28.9. The van der Waals surface area contributed by atoms with Crippen molar-refractivity contribution in [1.29, 1.82) is 0 Å². The highest BCUT2D eigenvalue weighted by Gasteiger charge is 2.89. The van der Waals surface area contributed by atoms with E-state index in [1.165, 1.54) is 0 Å². The predicted molar refractivity (Wildman–Crippen MR) is 181 cm³/mol. The van der Waals surface area contributed by atoms with Gasteiger partial charge >= 0.3 is 5.97 Å². The Morgan fingerprint density at radius 1 is 0.959 bits per heavy atom. The average Bonchev–Trinajstić information content (AvgIpc) is 3.54. The van der Waals surface area contributed by atoms with Crippen molar-refractivity contribution >= 4 is 17.6 Å². The van der Waals surface area contributed by atoms with E-state index < -0.39 is 34.3 Å². The molecule has 1 saturated heterocycles. The number of benzene rings is 2. The zero-order chi connectivity index (χ0) is 34.5. The van der Waals surface area contributed by atoms with Gasteiger partial charge in [0.2, 0.25) is 0 Å². The van der Waals surface area contributed by atoms with Crippen LogP contribution < -0.4 is 5.32 Å². The van der Waals surface area contributed by atoms with Gasteiger partial charge in [-0.25, -0.2) is 4.79 Å². The van der Waals surface area contributed by atoms with E-state index in [1.807, 2.05) is 12.1 Å². The first-order valence-corrected chi connectivity index (χ1v) is 18.1. The summed E-state index contributed by atoms with van der Waals surface area (Å²) < 4.78 is 25.3. The van der Waals surface area contributed by atoms with Crippen LogP contribution in [0.25, 0.3) is 0 Å². The van der Waals surface area contributed by atoms with Crippen LogP contribution in [0.2, 0.25) is 0 Å². The van der Waals surface area contributed by atoms with E-state index in [0.29, 0.717) is 62.0 Å². The molecule has 1 amide bonds. The van der Waals surface area contributed by atoms with Crippen molar-refractivity contribution in [2.24, 2.45) is 29.1 Å². The summed E-state index contributed by atoms with van der Waals surface area (Å²) >= 11 is 0. The summed E-state index contributed by atoms with van der Waals surface area (Å²) in [6.07, 6.45) is 2.67. The van der Waals surface area contributed by atoms with Gasteiger partial charge in [-0.15, -0.1) is 0 Å². The predicted octanol–water partition coefficient (Wildman–Crippen LogP) is 4.08. The van der Waals surface area contributed by atoms with Gasteiger partial charge in [0.05, 0.1) is 29.6 Å². The largest absolute Gasteiger partial charge is 0.454 e. The number of hydrogen-bond acceptors (Lipinski definition) is 9. The summed E-state index contributed by atoms with van der Waals surface area (Å²) in [6.45, 7) is 5.41. The number of aryl methyl sites for hydroxylation is 1. The molecule has 6 fully saturated rings. The highest BCUT2D eigenvalue weighted by atomic mass is 16.6. The van der Waals surface area contributed by atoms with Crippen LogP contribution in [0.5, 0.6) is 0 Å². The molecule has 5 saturated carbocycles. The Labute approximate surface area is 288 Å². The SMILES string of the molecule is CCc1ccc(C(=O)Nc2ccccc2C(=O)O[C@@]23CC[C@H](OC)[C@]45C([C@H](C[C@H]24)[C@@]2(O)C[C@H](OC)[C@H]4C[C@@H]5[C@]2(O)[C@H]4OC)N(CC)C3)cc1. The lowest BCUT2D eigenvalue weighted by Crippen LogP contribution is -2.83. The van der Waals surface area contributed by atoms with Gasteiger partial charge in [0.25, 0.3) is 5.91 Å². The Kier molecular flexibility index (Phi) is 7.87. The highest BCUT2D eigenvalue weighted by Crippen LogP contribution is 2.79. The molecule has 0 aromatic heterocycles. The number of esters is 1. The van der Waals surface area contributed by atoms with Crippen molar-refractivity contribution in [2.75, 3.05) is 39.7 Å². The number of rotatable bonds is 9. The zero-order valence-electron chi connectivity index (χ0n) is 29.2. The molecule has 10 heteroatoms. The molecule has 7 bridgehead atoms. The molecule has 6 aliphatic rings. The van der Waals surface area contributed by atoms with E-state index in [-0.39, 0.29) is 47.8 Å². The minimum absolute atomic E-state index is 0.0626. The number of carbonyl (C=O) groups excluding carboxylic acids is 2. The Balaban J connectivity index is 1.18. The summed E-state index contributed by atoms with van der Waals surface area (Å²) in [7, 11) is 5.07. The van der Waals surface area contributed by atoms with Gasteiger partial charge in [0.15, 0.2) is 0 Å². The van der Waals surface area contributed by atoms with Crippen molar-refractivity contribution in [2.45, 2.75) is 93.5 Å². The van der Waals surface area contributed by atoms with Gasteiger partial charge in [0, 0.05) is 75.0 Å². The van der Waals surface area contributed by atoms with Crippen molar-refractivity contribution in [3.8, 4) is 0 Å². The molecule has 0 radical (unpaired) electrons. The maximum Gasteiger partial charge on any atom is 0.340 e. The van der Waals surface area contributed by atoms with Crippen molar-refractivity contribution in [3.63, 3.8) is 0 Å². The third-order valence-corrected chi connectivity index (χ3v) is 14.2. The quantitative estimate of drug-likeness (QED) is 0.338. The molecule has 8 rings (SSSR count). The molecule has 1 spiro atoms. The van der Waals surface area contributed by atoms with Crippen molar-refractivity contribution in [1.82, 2.24) is 4.90 Å². The Morgan fingerprint density at radius 3 is 2.39 bits per heavy atom. The van der Waals surface area contributed by atoms with Crippen molar-refractivity contribution < 1.29 is 38.7 Å². The van der Waals surface area contributed by atoms with Crippen LogP contribution in [0.3, 0.4) is 0 Å². The molecule has 1 aliphatic heterocycles. The fraction of sp³-hybridized carbons (Fsp3) is 0.641.